The molecule has 0 radical (unpaired) electrons. The molecule has 0 fully saturated rings. The molecular weight excluding hydrogens is 258 g/mol. The van der Waals surface area contributed by atoms with Gasteiger partial charge in [-0.3, -0.25) is 4.68 Å². The number of ether oxygens (including phenoxy) is 1. The van der Waals surface area contributed by atoms with Crippen LogP contribution in [0.2, 0.25) is 0 Å². The Kier molecular flexibility index (Phi) is 4.37. The number of nitrogen functional groups attached to an aromatic ring is 1. The summed E-state index contributed by atoms with van der Waals surface area (Å²) in [6.45, 7) is 4.74. The lowest BCUT2D eigenvalue weighted by Gasteiger charge is -2.11. The molecule has 0 bridgehead atoms. The van der Waals surface area contributed by atoms with Gasteiger partial charge in [-0.15, -0.1) is 0 Å². The molecule has 102 valence electrons. The molecule has 1 aromatic heterocycles. The zero-order valence-electron chi connectivity index (χ0n) is 11.5. The molecule has 2 aromatic rings. The highest BCUT2D eigenvalue weighted by Crippen LogP contribution is 2.36. The van der Waals surface area contributed by atoms with Gasteiger partial charge in [0.1, 0.15) is 5.75 Å². The van der Waals surface area contributed by atoms with Gasteiger partial charge in [-0.05, 0) is 31.5 Å². The zero-order chi connectivity index (χ0) is 13.8. The fourth-order valence-electron chi connectivity index (χ4n) is 1.75. The summed E-state index contributed by atoms with van der Waals surface area (Å²) in [5.41, 5.74) is 7.85. The fourth-order valence-corrected chi connectivity index (χ4v) is 2.73. The van der Waals surface area contributed by atoms with Crippen molar-refractivity contribution in [1.29, 1.82) is 0 Å². The molecule has 0 aliphatic carbocycles. The predicted octanol–water partition coefficient (Wildman–Crippen LogP) is 3.25. The van der Waals surface area contributed by atoms with E-state index in [1.54, 1.807) is 11.8 Å². The van der Waals surface area contributed by atoms with Crippen molar-refractivity contribution in [3.8, 4) is 5.75 Å². The van der Waals surface area contributed by atoms with Crippen LogP contribution in [-0.2, 0) is 7.05 Å². The number of para-hydroxylation sites is 1. The van der Waals surface area contributed by atoms with E-state index in [0.29, 0.717) is 12.3 Å². The maximum absolute atomic E-state index is 6.15. The van der Waals surface area contributed by atoms with Gasteiger partial charge >= 0.3 is 0 Å². The number of aromatic nitrogens is 2. The SMILES string of the molecule is CCCOc1cccc(Sc2cc(C)nn2C)c1N. The molecule has 19 heavy (non-hydrogen) atoms. The average molecular weight is 277 g/mol. The Morgan fingerprint density at radius 3 is 2.84 bits per heavy atom. The minimum Gasteiger partial charge on any atom is -0.491 e. The molecule has 0 amide bonds. The summed E-state index contributed by atoms with van der Waals surface area (Å²) in [7, 11) is 1.93. The normalized spacial score (nSPS) is 10.7. The number of nitrogens with two attached hydrogens (primary N) is 1. The summed E-state index contributed by atoms with van der Waals surface area (Å²) in [4.78, 5) is 0.997. The molecule has 0 saturated carbocycles. The van der Waals surface area contributed by atoms with Crippen molar-refractivity contribution in [1.82, 2.24) is 9.78 Å². The van der Waals surface area contributed by atoms with Gasteiger partial charge in [0.2, 0.25) is 0 Å². The van der Waals surface area contributed by atoms with Crippen LogP contribution in [0.4, 0.5) is 5.69 Å². The number of benzene rings is 1. The monoisotopic (exact) mass is 277 g/mol. The molecule has 0 saturated heterocycles. The number of nitrogens with zero attached hydrogens (tertiary/aromatic N) is 2. The van der Waals surface area contributed by atoms with Gasteiger partial charge in [0.15, 0.2) is 0 Å². The Bertz CT molecular complexity index is 566. The molecule has 4 nitrogen and oxygen atoms in total. The van der Waals surface area contributed by atoms with E-state index < -0.39 is 0 Å². The van der Waals surface area contributed by atoms with Crippen molar-refractivity contribution < 1.29 is 4.74 Å². The second-order valence-electron chi connectivity index (χ2n) is 4.37. The second-order valence-corrected chi connectivity index (χ2v) is 5.43. The summed E-state index contributed by atoms with van der Waals surface area (Å²) in [5.74, 6) is 0.755. The highest BCUT2D eigenvalue weighted by Gasteiger charge is 2.10. The first-order valence-electron chi connectivity index (χ1n) is 6.31. The minimum absolute atomic E-state index is 0.684. The maximum Gasteiger partial charge on any atom is 0.143 e. The van der Waals surface area contributed by atoms with Gasteiger partial charge < -0.3 is 10.5 Å². The number of hydrogen-bond acceptors (Lipinski definition) is 4. The number of rotatable bonds is 5. The van der Waals surface area contributed by atoms with Gasteiger partial charge in [-0.1, -0.05) is 24.8 Å². The predicted molar refractivity (Wildman–Crippen MR) is 78.7 cm³/mol. The van der Waals surface area contributed by atoms with Crippen LogP contribution >= 0.6 is 11.8 Å². The van der Waals surface area contributed by atoms with E-state index in [2.05, 4.69) is 12.0 Å². The lowest BCUT2D eigenvalue weighted by molar-refractivity contribution is 0.318. The first kappa shape index (κ1) is 13.8. The Labute approximate surface area is 117 Å². The molecule has 5 heteroatoms. The molecule has 0 spiro atoms. The van der Waals surface area contributed by atoms with E-state index in [0.717, 1.165) is 27.8 Å². The topological polar surface area (TPSA) is 53.1 Å². The summed E-state index contributed by atoms with van der Waals surface area (Å²) in [6, 6.07) is 7.92. The fraction of sp³-hybridized carbons (Fsp3) is 0.357. The standard InChI is InChI=1S/C14H19N3OS/c1-4-8-18-11-6-5-7-12(14(11)15)19-13-9-10(2)16-17(13)3/h5-7,9H,4,8,15H2,1-3H3. The lowest BCUT2D eigenvalue weighted by atomic mass is 10.3. The van der Waals surface area contributed by atoms with Crippen LogP contribution < -0.4 is 10.5 Å². The molecule has 0 aliphatic rings. The van der Waals surface area contributed by atoms with Gasteiger partial charge in [0.05, 0.1) is 23.0 Å². The smallest absolute Gasteiger partial charge is 0.143 e. The van der Waals surface area contributed by atoms with Crippen LogP contribution in [0.15, 0.2) is 34.2 Å². The van der Waals surface area contributed by atoms with E-state index >= 15 is 0 Å². The number of aryl methyl sites for hydroxylation is 2. The van der Waals surface area contributed by atoms with Crippen molar-refractivity contribution in [2.45, 2.75) is 30.2 Å². The summed E-state index contributed by atoms with van der Waals surface area (Å²) in [5, 5.41) is 5.40. The van der Waals surface area contributed by atoms with Crippen LogP contribution in [0.5, 0.6) is 5.75 Å². The third-order valence-electron chi connectivity index (χ3n) is 2.66. The summed E-state index contributed by atoms with van der Waals surface area (Å²) < 4.78 is 7.50. The van der Waals surface area contributed by atoms with E-state index in [1.807, 2.05) is 42.9 Å². The van der Waals surface area contributed by atoms with Gasteiger partial charge in [-0.2, -0.15) is 5.10 Å². The maximum atomic E-state index is 6.15. The lowest BCUT2D eigenvalue weighted by Crippen LogP contribution is -2.00. The first-order chi connectivity index (χ1) is 9.11. The van der Waals surface area contributed by atoms with Crippen molar-refractivity contribution in [2.24, 2.45) is 7.05 Å². The molecule has 2 N–H and O–H groups in total. The quantitative estimate of drug-likeness (QED) is 0.852. The zero-order valence-corrected chi connectivity index (χ0v) is 12.3. The summed E-state index contributed by atoms with van der Waals surface area (Å²) >= 11 is 1.60. The number of hydrogen-bond donors (Lipinski definition) is 1. The van der Waals surface area contributed by atoms with Gasteiger partial charge in [0.25, 0.3) is 0 Å². The van der Waals surface area contributed by atoms with E-state index in [-0.39, 0.29) is 0 Å². The molecular formula is C14H19N3OS. The molecule has 1 aromatic carbocycles. The summed E-state index contributed by atoms with van der Waals surface area (Å²) in [6.07, 6.45) is 0.970. The molecule has 1 heterocycles. The molecule has 0 unspecified atom stereocenters. The van der Waals surface area contributed by atoms with Crippen molar-refractivity contribution in [3.63, 3.8) is 0 Å². The Morgan fingerprint density at radius 1 is 1.42 bits per heavy atom. The third kappa shape index (κ3) is 3.23. The third-order valence-corrected chi connectivity index (χ3v) is 3.83. The highest BCUT2D eigenvalue weighted by molar-refractivity contribution is 7.99. The van der Waals surface area contributed by atoms with E-state index in [1.165, 1.54) is 0 Å². The average Bonchev–Trinajstić information content (AvgIpc) is 2.69. The van der Waals surface area contributed by atoms with E-state index in [4.69, 9.17) is 10.5 Å². The Hall–Kier alpha value is -1.62. The van der Waals surface area contributed by atoms with Crippen LogP contribution in [0.25, 0.3) is 0 Å². The first-order valence-corrected chi connectivity index (χ1v) is 7.13. The van der Waals surface area contributed by atoms with Crippen molar-refractivity contribution in [2.75, 3.05) is 12.3 Å². The van der Waals surface area contributed by atoms with Crippen LogP contribution in [0, 0.1) is 6.92 Å². The minimum atomic E-state index is 0.684. The van der Waals surface area contributed by atoms with Crippen LogP contribution in [0.3, 0.4) is 0 Å². The Balaban J connectivity index is 2.23. The Morgan fingerprint density at radius 2 is 2.21 bits per heavy atom. The molecule has 2 rings (SSSR count). The van der Waals surface area contributed by atoms with Crippen molar-refractivity contribution >= 4 is 17.4 Å². The molecule has 0 atom stereocenters. The largest absolute Gasteiger partial charge is 0.491 e. The highest BCUT2D eigenvalue weighted by atomic mass is 32.2. The molecule has 0 aliphatic heterocycles. The second kappa shape index (κ2) is 6.02. The number of anilines is 1. The van der Waals surface area contributed by atoms with Crippen molar-refractivity contribution in [3.05, 3.63) is 30.0 Å². The van der Waals surface area contributed by atoms with Crippen LogP contribution in [0.1, 0.15) is 19.0 Å². The van der Waals surface area contributed by atoms with Gasteiger partial charge in [-0.25, -0.2) is 0 Å². The van der Waals surface area contributed by atoms with Gasteiger partial charge in [0, 0.05) is 11.9 Å². The van der Waals surface area contributed by atoms with E-state index in [9.17, 15) is 0 Å². The van der Waals surface area contributed by atoms with Crippen LogP contribution in [-0.4, -0.2) is 16.4 Å².